The summed E-state index contributed by atoms with van der Waals surface area (Å²) in [6.45, 7) is 0. The Hall–Kier alpha value is -2.12. The van der Waals surface area contributed by atoms with Gasteiger partial charge in [-0.3, -0.25) is 0 Å². The summed E-state index contributed by atoms with van der Waals surface area (Å²) in [6.07, 6.45) is 2.67. The minimum absolute atomic E-state index is 0.208. The van der Waals surface area contributed by atoms with Crippen LogP contribution in [0.5, 0.6) is 5.75 Å². The zero-order chi connectivity index (χ0) is 16.4. The summed E-state index contributed by atoms with van der Waals surface area (Å²) in [5, 5.41) is 0. The second-order valence-corrected chi connectivity index (χ2v) is 7.44. The fraction of sp³-hybridized carbons (Fsp3) is 0.0625. The van der Waals surface area contributed by atoms with Gasteiger partial charge in [-0.15, -0.1) is 0 Å². The molecule has 0 atom stereocenters. The number of rotatable bonds is 4. The van der Waals surface area contributed by atoms with E-state index >= 15 is 0 Å². The highest BCUT2D eigenvalue weighted by Gasteiger charge is 2.17. The lowest BCUT2D eigenvalue weighted by atomic mass is 10.1. The molecule has 23 heavy (non-hydrogen) atoms. The molecule has 0 unspecified atom stereocenters. The Morgan fingerprint density at radius 2 is 1.57 bits per heavy atom. The first kappa shape index (κ1) is 15.8. The van der Waals surface area contributed by atoms with Gasteiger partial charge in [0.2, 0.25) is 0 Å². The van der Waals surface area contributed by atoms with Gasteiger partial charge in [0.05, 0.1) is 18.2 Å². The second kappa shape index (κ2) is 6.17. The van der Waals surface area contributed by atoms with Gasteiger partial charge in [0.1, 0.15) is 16.7 Å². The molecule has 3 rings (SSSR count). The van der Waals surface area contributed by atoms with E-state index in [-0.39, 0.29) is 4.90 Å². The average Bonchev–Trinajstić information content (AvgIpc) is 3.02. The largest absolute Gasteiger partial charge is 0.497 e. The SMILES string of the molecule is COc1ccc(-c2ccc(S(=O)(=O)n3cnc(Br)c3)cc2)cc1. The van der Waals surface area contributed by atoms with Crippen LogP contribution in [0, 0.1) is 0 Å². The van der Waals surface area contributed by atoms with Crippen molar-refractivity contribution in [1.82, 2.24) is 8.96 Å². The molecule has 2 aromatic carbocycles. The molecule has 7 heteroatoms. The van der Waals surface area contributed by atoms with Crippen molar-refractivity contribution in [2.75, 3.05) is 7.11 Å². The topological polar surface area (TPSA) is 61.2 Å². The molecule has 3 aromatic rings. The summed E-state index contributed by atoms with van der Waals surface area (Å²) in [7, 11) is -2.01. The van der Waals surface area contributed by atoms with Gasteiger partial charge in [-0.2, -0.15) is 0 Å². The Bertz CT molecular complexity index is 917. The first-order valence-electron chi connectivity index (χ1n) is 6.70. The number of nitrogens with zero attached hydrogens (tertiary/aromatic N) is 2. The molecule has 0 amide bonds. The number of imidazole rings is 1. The number of aromatic nitrogens is 2. The van der Waals surface area contributed by atoms with Crippen molar-refractivity contribution in [3.8, 4) is 16.9 Å². The Balaban J connectivity index is 1.92. The van der Waals surface area contributed by atoms with Crippen molar-refractivity contribution in [2.45, 2.75) is 4.90 Å². The minimum Gasteiger partial charge on any atom is -0.497 e. The first-order valence-corrected chi connectivity index (χ1v) is 8.93. The van der Waals surface area contributed by atoms with Crippen molar-refractivity contribution in [2.24, 2.45) is 0 Å². The average molecular weight is 393 g/mol. The zero-order valence-corrected chi connectivity index (χ0v) is 14.6. The molecule has 0 saturated heterocycles. The van der Waals surface area contributed by atoms with Crippen molar-refractivity contribution >= 4 is 26.0 Å². The van der Waals surface area contributed by atoms with Crippen LogP contribution in [-0.2, 0) is 10.0 Å². The number of ether oxygens (including phenoxy) is 1. The molecule has 0 bridgehead atoms. The van der Waals surface area contributed by atoms with Gasteiger partial charge in [0.15, 0.2) is 0 Å². The van der Waals surface area contributed by atoms with Crippen LogP contribution in [0.2, 0.25) is 0 Å². The Labute approximate surface area is 142 Å². The zero-order valence-electron chi connectivity index (χ0n) is 12.2. The van der Waals surface area contributed by atoms with Crippen LogP contribution in [0.15, 0.2) is 70.6 Å². The summed E-state index contributed by atoms with van der Waals surface area (Å²) in [5.74, 6) is 0.777. The standard InChI is InChI=1S/C16H13BrN2O3S/c1-22-14-6-2-12(3-7-14)13-4-8-15(9-5-13)23(20,21)19-10-16(17)18-11-19/h2-11H,1H3. The molecule has 0 saturated carbocycles. The molecule has 0 N–H and O–H groups in total. The third kappa shape index (κ3) is 3.16. The molecular weight excluding hydrogens is 380 g/mol. The lowest BCUT2D eigenvalue weighted by molar-refractivity contribution is 0.415. The minimum atomic E-state index is -3.62. The fourth-order valence-corrected chi connectivity index (χ4v) is 3.72. The van der Waals surface area contributed by atoms with Crippen LogP contribution in [0.3, 0.4) is 0 Å². The lowest BCUT2D eigenvalue weighted by Crippen LogP contribution is -2.10. The van der Waals surface area contributed by atoms with Gasteiger partial charge in [-0.05, 0) is 51.3 Å². The molecule has 5 nitrogen and oxygen atoms in total. The quantitative estimate of drug-likeness (QED) is 0.680. The Morgan fingerprint density at radius 1 is 1.00 bits per heavy atom. The van der Waals surface area contributed by atoms with Gasteiger partial charge in [0.25, 0.3) is 10.0 Å². The van der Waals surface area contributed by atoms with E-state index in [0.717, 1.165) is 20.8 Å². The van der Waals surface area contributed by atoms with Gasteiger partial charge < -0.3 is 4.74 Å². The summed E-state index contributed by atoms with van der Waals surface area (Å²) in [4.78, 5) is 4.09. The van der Waals surface area contributed by atoms with Crippen LogP contribution in [0.1, 0.15) is 0 Å². The normalized spacial score (nSPS) is 11.4. The third-order valence-electron chi connectivity index (χ3n) is 3.38. The second-order valence-electron chi connectivity index (χ2n) is 4.78. The van der Waals surface area contributed by atoms with E-state index in [2.05, 4.69) is 20.9 Å². The first-order chi connectivity index (χ1) is 11.0. The third-order valence-corrected chi connectivity index (χ3v) is 5.41. The van der Waals surface area contributed by atoms with Crippen molar-refractivity contribution in [3.05, 3.63) is 65.7 Å². The molecule has 118 valence electrons. The Kier molecular flexibility index (Phi) is 4.23. The van der Waals surface area contributed by atoms with Gasteiger partial charge in [-0.25, -0.2) is 17.4 Å². The van der Waals surface area contributed by atoms with E-state index in [0.29, 0.717) is 4.60 Å². The van der Waals surface area contributed by atoms with E-state index in [1.165, 1.54) is 12.5 Å². The highest BCUT2D eigenvalue weighted by molar-refractivity contribution is 9.10. The van der Waals surface area contributed by atoms with Gasteiger partial charge in [-0.1, -0.05) is 24.3 Å². The molecule has 0 aliphatic heterocycles. The number of hydrogen-bond donors (Lipinski definition) is 0. The van der Waals surface area contributed by atoms with Crippen LogP contribution < -0.4 is 4.74 Å². The molecule has 0 aliphatic rings. The maximum absolute atomic E-state index is 12.5. The predicted octanol–water partition coefficient (Wildman–Crippen LogP) is 3.56. The highest BCUT2D eigenvalue weighted by atomic mass is 79.9. The van der Waals surface area contributed by atoms with Gasteiger partial charge >= 0.3 is 0 Å². The summed E-state index contributed by atoms with van der Waals surface area (Å²) in [6, 6.07) is 14.3. The monoisotopic (exact) mass is 392 g/mol. The number of methoxy groups -OCH3 is 1. The smallest absolute Gasteiger partial charge is 0.268 e. The molecule has 1 aromatic heterocycles. The maximum atomic E-state index is 12.5. The van der Waals surface area contributed by atoms with E-state index in [1.807, 2.05) is 24.3 Å². The molecule has 0 radical (unpaired) electrons. The molecule has 0 aliphatic carbocycles. The predicted molar refractivity (Wildman–Crippen MR) is 90.9 cm³/mol. The van der Waals surface area contributed by atoms with Crippen LogP contribution in [0.4, 0.5) is 0 Å². The fourth-order valence-electron chi connectivity index (χ4n) is 2.14. The summed E-state index contributed by atoms with van der Waals surface area (Å²) >= 11 is 3.14. The molecular formula is C16H13BrN2O3S. The van der Waals surface area contributed by atoms with Gasteiger partial charge in [0, 0.05) is 0 Å². The highest BCUT2D eigenvalue weighted by Crippen LogP contribution is 2.24. The van der Waals surface area contributed by atoms with Crippen LogP contribution >= 0.6 is 15.9 Å². The van der Waals surface area contributed by atoms with Crippen molar-refractivity contribution in [3.63, 3.8) is 0 Å². The van der Waals surface area contributed by atoms with Crippen molar-refractivity contribution in [1.29, 1.82) is 0 Å². The molecule has 0 spiro atoms. The Morgan fingerprint density at radius 3 is 2.04 bits per heavy atom. The number of halogens is 1. The molecule has 0 fully saturated rings. The van der Waals surface area contributed by atoms with E-state index in [4.69, 9.17) is 4.74 Å². The molecule has 1 heterocycles. The number of hydrogen-bond acceptors (Lipinski definition) is 4. The maximum Gasteiger partial charge on any atom is 0.268 e. The van der Waals surface area contributed by atoms with Crippen molar-refractivity contribution < 1.29 is 13.2 Å². The van der Waals surface area contributed by atoms with E-state index in [1.54, 1.807) is 31.4 Å². The summed E-state index contributed by atoms with van der Waals surface area (Å²) in [5.41, 5.74) is 1.92. The van der Waals surface area contributed by atoms with E-state index < -0.39 is 10.0 Å². The lowest BCUT2D eigenvalue weighted by Gasteiger charge is -2.07. The number of benzene rings is 2. The van der Waals surface area contributed by atoms with Crippen LogP contribution in [-0.4, -0.2) is 24.5 Å². The van der Waals surface area contributed by atoms with E-state index in [9.17, 15) is 8.42 Å². The van der Waals surface area contributed by atoms with Crippen LogP contribution in [0.25, 0.3) is 11.1 Å². The summed E-state index contributed by atoms with van der Waals surface area (Å²) < 4.78 is 31.6.